The molecule has 0 aromatic heterocycles. The number of carbonyl (C=O) groups excluding carboxylic acids is 1. The van der Waals surface area contributed by atoms with Crippen molar-refractivity contribution in [3.63, 3.8) is 0 Å². The molecule has 0 saturated carbocycles. The van der Waals surface area contributed by atoms with Crippen molar-refractivity contribution in [1.82, 2.24) is 0 Å². The van der Waals surface area contributed by atoms with E-state index in [2.05, 4.69) is 0 Å². The van der Waals surface area contributed by atoms with Crippen LogP contribution >= 0.6 is 0 Å². The van der Waals surface area contributed by atoms with Gasteiger partial charge in [0.25, 0.3) is 0 Å². The fraction of sp³-hybridized carbons (Fsp3) is 0.800. The molecular weight excluding hydrogens is 108 g/mol. The summed E-state index contributed by atoms with van der Waals surface area (Å²) < 4.78 is 0. The standard InChI is InChI=1S/C5H10O3/c1-4(3-6)5(2,7)8/h3-4,7-8H,1-2H3. The highest BCUT2D eigenvalue weighted by atomic mass is 16.5. The van der Waals surface area contributed by atoms with Gasteiger partial charge in [-0.15, -0.1) is 0 Å². The van der Waals surface area contributed by atoms with Crippen LogP contribution in [0.2, 0.25) is 0 Å². The number of aliphatic hydroxyl groups is 2. The lowest BCUT2D eigenvalue weighted by molar-refractivity contribution is -0.179. The van der Waals surface area contributed by atoms with Crippen molar-refractivity contribution in [3.05, 3.63) is 0 Å². The van der Waals surface area contributed by atoms with Crippen molar-refractivity contribution in [1.29, 1.82) is 0 Å². The molecule has 0 aromatic carbocycles. The highest BCUT2D eigenvalue weighted by Crippen LogP contribution is 2.08. The van der Waals surface area contributed by atoms with E-state index in [9.17, 15) is 4.79 Å². The average Bonchev–Trinajstić information content (AvgIpc) is 1.62. The van der Waals surface area contributed by atoms with Crippen LogP contribution in [0, 0.1) is 5.92 Å². The molecule has 0 aliphatic rings. The van der Waals surface area contributed by atoms with Crippen LogP contribution < -0.4 is 0 Å². The monoisotopic (exact) mass is 118 g/mol. The van der Waals surface area contributed by atoms with Gasteiger partial charge in [0.1, 0.15) is 6.29 Å². The van der Waals surface area contributed by atoms with E-state index in [1.165, 1.54) is 13.8 Å². The number of rotatable bonds is 2. The molecule has 0 radical (unpaired) electrons. The highest BCUT2D eigenvalue weighted by Gasteiger charge is 2.23. The van der Waals surface area contributed by atoms with E-state index >= 15 is 0 Å². The van der Waals surface area contributed by atoms with Crippen molar-refractivity contribution >= 4 is 6.29 Å². The molecule has 1 unspecified atom stereocenters. The summed E-state index contributed by atoms with van der Waals surface area (Å²) in [5, 5.41) is 17.2. The minimum Gasteiger partial charge on any atom is -0.365 e. The highest BCUT2D eigenvalue weighted by molar-refractivity contribution is 5.54. The van der Waals surface area contributed by atoms with E-state index in [1.807, 2.05) is 0 Å². The topological polar surface area (TPSA) is 57.5 Å². The Bertz CT molecular complexity index is 82.2. The number of carbonyl (C=O) groups is 1. The van der Waals surface area contributed by atoms with E-state index < -0.39 is 11.7 Å². The summed E-state index contributed by atoms with van der Waals surface area (Å²) in [6, 6.07) is 0. The molecule has 0 heterocycles. The minimum absolute atomic E-state index is 0.500. The molecule has 1 atom stereocenters. The Hall–Kier alpha value is -0.410. The van der Waals surface area contributed by atoms with Gasteiger partial charge in [0.15, 0.2) is 5.79 Å². The molecular formula is C5H10O3. The second-order valence-electron chi connectivity index (χ2n) is 2.02. The maximum Gasteiger partial charge on any atom is 0.168 e. The van der Waals surface area contributed by atoms with Gasteiger partial charge in [-0.05, 0) is 6.92 Å². The van der Waals surface area contributed by atoms with Crippen LogP contribution in [0.4, 0.5) is 0 Å². The molecule has 3 nitrogen and oxygen atoms in total. The quantitative estimate of drug-likeness (QED) is 0.380. The van der Waals surface area contributed by atoms with Gasteiger partial charge in [-0.2, -0.15) is 0 Å². The van der Waals surface area contributed by atoms with Gasteiger partial charge < -0.3 is 15.0 Å². The zero-order chi connectivity index (χ0) is 6.78. The Labute approximate surface area is 47.9 Å². The van der Waals surface area contributed by atoms with Crippen LogP contribution in [0.1, 0.15) is 13.8 Å². The van der Waals surface area contributed by atoms with Gasteiger partial charge in [-0.1, -0.05) is 6.92 Å². The summed E-state index contributed by atoms with van der Waals surface area (Å²) in [6.45, 7) is 2.61. The molecule has 0 rings (SSSR count). The van der Waals surface area contributed by atoms with Crippen molar-refractivity contribution in [2.75, 3.05) is 0 Å². The minimum atomic E-state index is -1.86. The molecule has 48 valence electrons. The lowest BCUT2D eigenvalue weighted by Gasteiger charge is -2.18. The Morgan fingerprint density at radius 1 is 1.62 bits per heavy atom. The van der Waals surface area contributed by atoms with Crippen LogP contribution in [0.15, 0.2) is 0 Å². The lowest BCUT2D eigenvalue weighted by Crippen LogP contribution is -2.32. The van der Waals surface area contributed by atoms with Gasteiger partial charge in [0.2, 0.25) is 0 Å². The molecule has 0 fully saturated rings. The molecule has 0 saturated heterocycles. The molecule has 2 N–H and O–H groups in total. The molecule has 0 aliphatic heterocycles. The van der Waals surface area contributed by atoms with Gasteiger partial charge in [0, 0.05) is 0 Å². The molecule has 0 aliphatic carbocycles. The predicted molar refractivity (Wildman–Crippen MR) is 28.1 cm³/mol. The van der Waals surface area contributed by atoms with Crippen molar-refractivity contribution in [3.8, 4) is 0 Å². The average molecular weight is 118 g/mol. The fourth-order valence-electron chi connectivity index (χ4n) is 0.129. The molecule has 0 aromatic rings. The van der Waals surface area contributed by atoms with Crippen molar-refractivity contribution in [2.45, 2.75) is 19.6 Å². The summed E-state index contributed by atoms with van der Waals surface area (Å²) in [7, 11) is 0. The first kappa shape index (κ1) is 7.59. The van der Waals surface area contributed by atoms with E-state index in [-0.39, 0.29) is 0 Å². The third-order valence-corrected chi connectivity index (χ3v) is 1.07. The normalized spacial score (nSPS) is 15.5. The summed E-state index contributed by atoms with van der Waals surface area (Å²) in [6.07, 6.45) is 0.500. The van der Waals surface area contributed by atoms with Crippen LogP contribution in [-0.2, 0) is 4.79 Å². The second-order valence-corrected chi connectivity index (χ2v) is 2.02. The number of hydrogen-bond donors (Lipinski definition) is 2. The van der Waals surface area contributed by atoms with Crippen LogP contribution in [0.5, 0.6) is 0 Å². The Balaban J connectivity index is 3.80. The molecule has 3 heteroatoms. The smallest absolute Gasteiger partial charge is 0.168 e. The van der Waals surface area contributed by atoms with Gasteiger partial charge >= 0.3 is 0 Å². The maximum absolute atomic E-state index is 9.83. The Morgan fingerprint density at radius 3 is 2.00 bits per heavy atom. The first-order valence-corrected chi connectivity index (χ1v) is 2.38. The van der Waals surface area contributed by atoms with Crippen LogP contribution in [-0.4, -0.2) is 22.3 Å². The SMILES string of the molecule is CC(C=O)C(C)(O)O. The number of aldehydes is 1. The van der Waals surface area contributed by atoms with Crippen LogP contribution in [0.3, 0.4) is 0 Å². The third kappa shape index (κ3) is 2.04. The Kier molecular flexibility index (Phi) is 2.12. The first-order valence-electron chi connectivity index (χ1n) is 2.38. The summed E-state index contributed by atoms with van der Waals surface area (Å²) in [4.78, 5) is 9.83. The maximum atomic E-state index is 9.83. The van der Waals surface area contributed by atoms with Gasteiger partial charge in [0.05, 0.1) is 5.92 Å². The first-order chi connectivity index (χ1) is 3.48. The largest absolute Gasteiger partial charge is 0.365 e. The van der Waals surface area contributed by atoms with E-state index in [0.29, 0.717) is 6.29 Å². The van der Waals surface area contributed by atoms with E-state index in [1.54, 1.807) is 0 Å². The third-order valence-electron chi connectivity index (χ3n) is 1.07. The van der Waals surface area contributed by atoms with Gasteiger partial charge in [-0.3, -0.25) is 0 Å². The van der Waals surface area contributed by atoms with E-state index in [4.69, 9.17) is 10.2 Å². The number of hydrogen-bond acceptors (Lipinski definition) is 3. The molecule has 0 amide bonds. The van der Waals surface area contributed by atoms with Crippen molar-refractivity contribution in [2.24, 2.45) is 5.92 Å². The fourth-order valence-corrected chi connectivity index (χ4v) is 0.129. The van der Waals surface area contributed by atoms with Crippen LogP contribution in [0.25, 0.3) is 0 Å². The molecule has 0 bridgehead atoms. The van der Waals surface area contributed by atoms with E-state index in [0.717, 1.165) is 0 Å². The summed E-state index contributed by atoms with van der Waals surface area (Å²) >= 11 is 0. The van der Waals surface area contributed by atoms with Gasteiger partial charge in [-0.25, -0.2) is 0 Å². The Morgan fingerprint density at radius 2 is 2.00 bits per heavy atom. The zero-order valence-corrected chi connectivity index (χ0v) is 4.96. The molecule has 8 heavy (non-hydrogen) atoms. The van der Waals surface area contributed by atoms with Crippen molar-refractivity contribution < 1.29 is 15.0 Å². The molecule has 0 spiro atoms. The zero-order valence-electron chi connectivity index (χ0n) is 4.96. The second kappa shape index (κ2) is 2.24. The summed E-state index contributed by atoms with van der Waals surface area (Å²) in [5.41, 5.74) is 0. The lowest BCUT2D eigenvalue weighted by atomic mass is 10.1. The predicted octanol–water partition coefficient (Wildman–Crippen LogP) is -0.478. The summed E-state index contributed by atoms with van der Waals surface area (Å²) in [5.74, 6) is -2.58.